The molecule has 0 spiro atoms. The van der Waals surface area contributed by atoms with Crippen molar-refractivity contribution in [2.45, 2.75) is 6.18 Å². The van der Waals surface area contributed by atoms with Crippen LogP contribution in [0.25, 0.3) is 11.3 Å². The summed E-state index contributed by atoms with van der Waals surface area (Å²) in [5.41, 5.74) is -0.244. The first-order chi connectivity index (χ1) is 12.2. The zero-order valence-corrected chi connectivity index (χ0v) is 15.2. The molecule has 1 heterocycles. The molecule has 0 saturated heterocycles. The predicted octanol–water partition coefficient (Wildman–Crippen LogP) is 6.63. The quantitative estimate of drug-likeness (QED) is 0.492. The van der Waals surface area contributed by atoms with Gasteiger partial charge in [-0.2, -0.15) is 13.2 Å². The molecule has 1 N–H and O–H groups in total. The molecule has 0 aliphatic heterocycles. The molecule has 3 nitrogen and oxygen atoms in total. The highest BCUT2D eigenvalue weighted by atomic mass is 79.9. The monoisotopic (exact) mass is 443 g/mol. The Bertz CT molecular complexity index is 952. The van der Waals surface area contributed by atoms with Crippen LogP contribution in [0, 0.1) is 0 Å². The van der Waals surface area contributed by atoms with Gasteiger partial charge in [0.25, 0.3) is 5.91 Å². The van der Waals surface area contributed by atoms with Gasteiger partial charge in [-0.1, -0.05) is 27.5 Å². The van der Waals surface area contributed by atoms with Crippen molar-refractivity contribution in [3.8, 4) is 11.3 Å². The number of amides is 1. The minimum Gasteiger partial charge on any atom is -0.451 e. The molecule has 0 aliphatic rings. The van der Waals surface area contributed by atoms with Crippen LogP contribution in [0.4, 0.5) is 18.9 Å². The molecule has 1 aromatic heterocycles. The number of carbonyl (C=O) groups excluding carboxylic acids is 1. The smallest absolute Gasteiger partial charge is 0.416 e. The summed E-state index contributed by atoms with van der Waals surface area (Å²) >= 11 is 9.27. The number of nitrogens with one attached hydrogen (secondary N) is 1. The summed E-state index contributed by atoms with van der Waals surface area (Å²) in [5.74, 6) is -0.500. The van der Waals surface area contributed by atoms with Crippen LogP contribution in [0.1, 0.15) is 16.1 Å². The van der Waals surface area contributed by atoms with E-state index in [9.17, 15) is 18.0 Å². The van der Waals surface area contributed by atoms with Crippen LogP contribution in [0.5, 0.6) is 0 Å². The highest BCUT2D eigenvalue weighted by Crippen LogP contribution is 2.36. The Hall–Kier alpha value is -2.25. The van der Waals surface area contributed by atoms with Crippen LogP contribution in [-0.4, -0.2) is 5.91 Å². The average Bonchev–Trinajstić information content (AvgIpc) is 3.06. The molecule has 0 saturated carbocycles. The fourth-order valence-electron chi connectivity index (χ4n) is 2.22. The van der Waals surface area contributed by atoms with Gasteiger partial charge in [-0.3, -0.25) is 4.79 Å². The average molecular weight is 445 g/mol. The molecular weight excluding hydrogens is 435 g/mol. The van der Waals surface area contributed by atoms with Crippen molar-refractivity contribution >= 4 is 39.1 Å². The standard InChI is InChI=1S/C18H10BrClF3NO2/c19-11-2-4-12(5-3-11)24-17(25)16-8-7-15(26-16)13-9-10(18(21,22)23)1-6-14(13)20/h1-9H,(H,24,25). The lowest BCUT2D eigenvalue weighted by molar-refractivity contribution is -0.137. The third kappa shape index (κ3) is 4.11. The molecular formula is C18H10BrClF3NO2. The Morgan fingerprint density at radius 1 is 1.04 bits per heavy atom. The molecule has 3 rings (SSSR count). The Kier molecular flexibility index (Phi) is 5.11. The second-order valence-electron chi connectivity index (χ2n) is 5.32. The Balaban J connectivity index is 1.85. The molecule has 0 atom stereocenters. The molecule has 0 aliphatic carbocycles. The number of halogens is 5. The maximum Gasteiger partial charge on any atom is 0.416 e. The van der Waals surface area contributed by atoms with E-state index >= 15 is 0 Å². The zero-order valence-electron chi connectivity index (χ0n) is 12.9. The Morgan fingerprint density at radius 3 is 2.38 bits per heavy atom. The first-order valence-corrected chi connectivity index (χ1v) is 8.45. The number of anilines is 1. The van der Waals surface area contributed by atoms with Gasteiger partial charge in [0, 0.05) is 15.7 Å². The maximum atomic E-state index is 12.9. The normalized spacial score (nSPS) is 11.4. The van der Waals surface area contributed by atoms with E-state index in [4.69, 9.17) is 16.0 Å². The molecule has 8 heteroatoms. The van der Waals surface area contributed by atoms with Crippen molar-refractivity contribution in [1.29, 1.82) is 0 Å². The second kappa shape index (κ2) is 7.17. The summed E-state index contributed by atoms with van der Waals surface area (Å²) in [5, 5.41) is 2.72. The molecule has 0 fully saturated rings. The highest BCUT2D eigenvalue weighted by Gasteiger charge is 2.31. The molecule has 0 bridgehead atoms. The third-order valence-electron chi connectivity index (χ3n) is 3.49. The number of hydrogen-bond donors (Lipinski definition) is 1. The SMILES string of the molecule is O=C(Nc1ccc(Br)cc1)c1ccc(-c2cc(C(F)(F)F)ccc2Cl)o1. The highest BCUT2D eigenvalue weighted by molar-refractivity contribution is 9.10. The number of alkyl halides is 3. The first-order valence-electron chi connectivity index (χ1n) is 7.28. The largest absolute Gasteiger partial charge is 0.451 e. The van der Waals surface area contributed by atoms with Gasteiger partial charge in [-0.15, -0.1) is 0 Å². The zero-order chi connectivity index (χ0) is 18.9. The van der Waals surface area contributed by atoms with E-state index < -0.39 is 17.6 Å². The van der Waals surface area contributed by atoms with Gasteiger partial charge >= 0.3 is 6.18 Å². The predicted molar refractivity (Wildman–Crippen MR) is 96.3 cm³/mol. The van der Waals surface area contributed by atoms with Gasteiger partial charge in [0.05, 0.1) is 10.6 Å². The van der Waals surface area contributed by atoms with E-state index in [0.29, 0.717) is 5.69 Å². The molecule has 1 amide bonds. The van der Waals surface area contributed by atoms with Crippen molar-refractivity contribution in [1.82, 2.24) is 0 Å². The summed E-state index contributed by atoms with van der Waals surface area (Å²) in [6.07, 6.45) is -4.51. The number of furan rings is 1. The minimum atomic E-state index is -4.51. The minimum absolute atomic E-state index is 0.0450. The van der Waals surface area contributed by atoms with Crippen molar-refractivity contribution in [3.63, 3.8) is 0 Å². The summed E-state index contributed by atoms with van der Waals surface area (Å²) in [6, 6.07) is 12.6. The van der Waals surface area contributed by atoms with Crippen LogP contribution >= 0.6 is 27.5 Å². The van der Waals surface area contributed by atoms with Gasteiger partial charge in [0.1, 0.15) is 5.76 Å². The number of benzene rings is 2. The Morgan fingerprint density at radius 2 is 1.73 bits per heavy atom. The lowest BCUT2D eigenvalue weighted by Gasteiger charge is -2.09. The molecule has 26 heavy (non-hydrogen) atoms. The van der Waals surface area contributed by atoms with Crippen LogP contribution in [0.15, 0.2) is 63.5 Å². The summed E-state index contributed by atoms with van der Waals surface area (Å²) in [7, 11) is 0. The van der Waals surface area contributed by atoms with Gasteiger partial charge < -0.3 is 9.73 Å². The lowest BCUT2D eigenvalue weighted by Crippen LogP contribution is -2.10. The molecule has 0 unspecified atom stereocenters. The van der Waals surface area contributed by atoms with Crippen LogP contribution < -0.4 is 5.32 Å². The van der Waals surface area contributed by atoms with Crippen LogP contribution in [-0.2, 0) is 6.18 Å². The van der Waals surface area contributed by atoms with Crippen molar-refractivity contribution < 1.29 is 22.4 Å². The van der Waals surface area contributed by atoms with E-state index in [-0.39, 0.29) is 22.1 Å². The molecule has 3 aromatic rings. The molecule has 2 aromatic carbocycles. The fourth-order valence-corrected chi connectivity index (χ4v) is 2.70. The summed E-state index contributed by atoms with van der Waals surface area (Å²) < 4.78 is 44.9. The van der Waals surface area contributed by atoms with Crippen LogP contribution in [0.3, 0.4) is 0 Å². The molecule has 134 valence electrons. The van der Waals surface area contributed by atoms with Crippen molar-refractivity contribution in [2.75, 3.05) is 5.32 Å². The van der Waals surface area contributed by atoms with Crippen molar-refractivity contribution in [2.24, 2.45) is 0 Å². The van der Waals surface area contributed by atoms with Gasteiger partial charge in [-0.25, -0.2) is 0 Å². The number of hydrogen-bond acceptors (Lipinski definition) is 2. The maximum absolute atomic E-state index is 12.9. The van der Waals surface area contributed by atoms with E-state index in [0.717, 1.165) is 22.7 Å². The lowest BCUT2D eigenvalue weighted by atomic mass is 10.1. The van der Waals surface area contributed by atoms with E-state index in [1.165, 1.54) is 12.1 Å². The summed E-state index contributed by atoms with van der Waals surface area (Å²) in [4.78, 5) is 12.2. The van der Waals surface area contributed by atoms with E-state index in [2.05, 4.69) is 21.2 Å². The van der Waals surface area contributed by atoms with Crippen molar-refractivity contribution in [3.05, 3.63) is 75.4 Å². The number of carbonyl (C=O) groups is 1. The van der Waals surface area contributed by atoms with E-state index in [1.54, 1.807) is 24.3 Å². The first kappa shape index (κ1) is 18.5. The summed E-state index contributed by atoms with van der Waals surface area (Å²) in [6.45, 7) is 0. The van der Waals surface area contributed by atoms with Gasteiger partial charge in [0.2, 0.25) is 0 Å². The number of rotatable bonds is 3. The van der Waals surface area contributed by atoms with E-state index in [1.807, 2.05) is 0 Å². The topological polar surface area (TPSA) is 42.2 Å². The van der Waals surface area contributed by atoms with Crippen LogP contribution in [0.2, 0.25) is 5.02 Å². The third-order valence-corrected chi connectivity index (χ3v) is 4.35. The van der Waals surface area contributed by atoms with Gasteiger partial charge in [-0.05, 0) is 54.6 Å². The van der Waals surface area contributed by atoms with Gasteiger partial charge in [0.15, 0.2) is 5.76 Å². The second-order valence-corrected chi connectivity index (χ2v) is 6.64. The molecule has 0 radical (unpaired) electrons. The fraction of sp³-hybridized carbons (Fsp3) is 0.0556. The Labute approximate surface area is 159 Å².